The highest BCUT2D eigenvalue weighted by Gasteiger charge is 2.42. The fraction of sp³-hybridized carbons (Fsp3) is 0.462. The molecule has 2 aliphatic heterocycles. The van der Waals surface area contributed by atoms with Gasteiger partial charge in [0.1, 0.15) is 11.9 Å². The lowest BCUT2D eigenvalue weighted by Crippen LogP contribution is -2.49. The summed E-state index contributed by atoms with van der Waals surface area (Å²) in [5, 5.41) is 0.560. The quantitative estimate of drug-likeness (QED) is 0.432. The average molecular weight is 532 g/mol. The van der Waals surface area contributed by atoms with E-state index >= 15 is 0 Å². The molecule has 36 heavy (non-hydrogen) atoms. The smallest absolute Gasteiger partial charge is 0.247 e. The molecule has 0 radical (unpaired) electrons. The van der Waals surface area contributed by atoms with Gasteiger partial charge in [0.05, 0.1) is 27.8 Å². The first kappa shape index (κ1) is 25.3. The number of carbonyl (C=O) groups excluding carboxylic acids is 1. The van der Waals surface area contributed by atoms with Gasteiger partial charge in [-0.2, -0.15) is 4.31 Å². The Kier molecular flexibility index (Phi) is 7.13. The molecule has 0 bridgehead atoms. The maximum Gasteiger partial charge on any atom is 0.247 e. The Labute approximate surface area is 214 Å². The number of fused-ring (bicyclic) bond motifs is 1. The molecule has 2 aromatic carbocycles. The summed E-state index contributed by atoms with van der Waals surface area (Å²) < 4.78 is 48.4. The number of benzene rings is 2. The van der Waals surface area contributed by atoms with Crippen molar-refractivity contribution in [1.82, 2.24) is 9.29 Å². The lowest BCUT2D eigenvalue weighted by Gasteiger charge is -2.29. The SMILES string of the molecule is CC(C)c1cccc2sc(N(CC3CCCO3)C(=O)C3CCCN3S(=O)(=O)c3ccc(F)cc3)nc12. The molecule has 5 rings (SSSR count). The Morgan fingerprint density at radius 3 is 2.67 bits per heavy atom. The van der Waals surface area contributed by atoms with Crippen molar-refractivity contribution in [3.63, 3.8) is 0 Å². The number of thiazole rings is 1. The average Bonchev–Trinajstić information content (AvgIpc) is 3.62. The Hall–Kier alpha value is -2.40. The first-order chi connectivity index (χ1) is 17.3. The molecule has 2 aliphatic rings. The van der Waals surface area contributed by atoms with Gasteiger partial charge in [0.25, 0.3) is 0 Å². The molecule has 2 saturated heterocycles. The number of carbonyl (C=O) groups is 1. The number of hydrogen-bond donors (Lipinski definition) is 0. The van der Waals surface area contributed by atoms with E-state index < -0.39 is 21.9 Å². The lowest BCUT2D eigenvalue weighted by atomic mass is 10.0. The zero-order valence-electron chi connectivity index (χ0n) is 20.4. The molecule has 2 atom stereocenters. The first-order valence-electron chi connectivity index (χ1n) is 12.4. The third-order valence-corrected chi connectivity index (χ3v) is 9.84. The second-order valence-electron chi connectivity index (χ2n) is 9.66. The number of ether oxygens (including phenoxy) is 1. The largest absolute Gasteiger partial charge is 0.376 e. The van der Waals surface area contributed by atoms with Crippen LogP contribution in [0.5, 0.6) is 0 Å². The third-order valence-electron chi connectivity index (χ3n) is 6.88. The third kappa shape index (κ3) is 4.79. The highest BCUT2D eigenvalue weighted by Crippen LogP contribution is 2.36. The van der Waals surface area contributed by atoms with E-state index in [1.807, 2.05) is 12.1 Å². The molecule has 3 aromatic rings. The van der Waals surface area contributed by atoms with Gasteiger partial charge in [0.2, 0.25) is 15.9 Å². The van der Waals surface area contributed by atoms with Crippen LogP contribution in [-0.4, -0.2) is 55.5 Å². The van der Waals surface area contributed by atoms with Crippen LogP contribution in [-0.2, 0) is 19.6 Å². The number of para-hydroxylation sites is 1. The lowest BCUT2D eigenvalue weighted by molar-refractivity contribution is -0.122. The summed E-state index contributed by atoms with van der Waals surface area (Å²) in [4.78, 5) is 20.5. The number of hydrogen-bond acceptors (Lipinski definition) is 6. The van der Waals surface area contributed by atoms with Crippen LogP contribution in [0, 0.1) is 5.82 Å². The van der Waals surface area contributed by atoms with E-state index in [1.165, 1.54) is 27.8 Å². The summed E-state index contributed by atoms with van der Waals surface area (Å²) in [6, 6.07) is 9.94. The Morgan fingerprint density at radius 1 is 1.19 bits per heavy atom. The van der Waals surface area contributed by atoms with E-state index in [2.05, 4.69) is 19.9 Å². The van der Waals surface area contributed by atoms with Gasteiger partial charge in [0, 0.05) is 13.2 Å². The Bertz CT molecular complexity index is 1350. The zero-order valence-corrected chi connectivity index (χ0v) is 22.0. The van der Waals surface area contributed by atoms with Gasteiger partial charge in [-0.05, 0) is 67.5 Å². The standard InChI is InChI=1S/C26H30FN3O4S2/c1-17(2)21-7-3-9-23-24(21)28-26(35-23)29(16-19-6-5-15-34-19)25(31)22-8-4-14-30(22)36(32,33)20-12-10-18(27)11-13-20/h3,7,9-13,17,19,22H,4-6,8,14-16H2,1-2H3. The van der Waals surface area contributed by atoms with Crippen molar-refractivity contribution < 1.29 is 22.3 Å². The highest BCUT2D eigenvalue weighted by atomic mass is 32.2. The van der Waals surface area contributed by atoms with Crippen LogP contribution in [0.25, 0.3) is 10.2 Å². The minimum atomic E-state index is -3.96. The molecule has 0 saturated carbocycles. The topological polar surface area (TPSA) is 79.8 Å². The van der Waals surface area contributed by atoms with Crippen LogP contribution in [0.3, 0.4) is 0 Å². The summed E-state index contributed by atoms with van der Waals surface area (Å²) in [6.45, 7) is 5.44. The number of anilines is 1. The summed E-state index contributed by atoms with van der Waals surface area (Å²) in [5.74, 6) is -0.529. The molecule has 2 unspecified atom stereocenters. The molecule has 0 aliphatic carbocycles. The number of nitrogens with zero attached hydrogens (tertiary/aromatic N) is 3. The number of halogens is 1. The first-order valence-corrected chi connectivity index (χ1v) is 14.6. The van der Waals surface area contributed by atoms with Crippen LogP contribution in [0.4, 0.5) is 9.52 Å². The van der Waals surface area contributed by atoms with E-state index in [9.17, 15) is 17.6 Å². The number of sulfonamides is 1. The summed E-state index contributed by atoms with van der Waals surface area (Å²) in [7, 11) is -3.96. The van der Waals surface area contributed by atoms with Crippen LogP contribution in [0.15, 0.2) is 47.4 Å². The molecular formula is C26H30FN3O4S2. The van der Waals surface area contributed by atoms with Crippen molar-refractivity contribution in [3.8, 4) is 0 Å². The van der Waals surface area contributed by atoms with Gasteiger partial charge in [-0.25, -0.2) is 17.8 Å². The van der Waals surface area contributed by atoms with Crippen molar-refractivity contribution in [3.05, 3.63) is 53.8 Å². The number of amides is 1. The van der Waals surface area contributed by atoms with Crippen molar-refractivity contribution in [2.24, 2.45) is 0 Å². The molecule has 0 spiro atoms. The summed E-state index contributed by atoms with van der Waals surface area (Å²) in [5.41, 5.74) is 1.99. The van der Waals surface area contributed by atoms with E-state index in [-0.39, 0.29) is 29.4 Å². The van der Waals surface area contributed by atoms with Crippen LogP contribution in [0.1, 0.15) is 51.0 Å². The predicted molar refractivity (Wildman–Crippen MR) is 138 cm³/mol. The van der Waals surface area contributed by atoms with Gasteiger partial charge in [0.15, 0.2) is 5.13 Å². The van der Waals surface area contributed by atoms with Gasteiger partial charge < -0.3 is 4.74 Å². The van der Waals surface area contributed by atoms with Gasteiger partial charge in [-0.3, -0.25) is 9.69 Å². The number of aromatic nitrogens is 1. The van der Waals surface area contributed by atoms with Crippen LogP contribution in [0.2, 0.25) is 0 Å². The Balaban J connectivity index is 1.51. The van der Waals surface area contributed by atoms with E-state index in [0.717, 1.165) is 40.8 Å². The normalized spacial score (nSPS) is 21.0. The summed E-state index contributed by atoms with van der Waals surface area (Å²) in [6.07, 6.45) is 2.65. The second-order valence-corrected chi connectivity index (χ2v) is 12.6. The van der Waals surface area contributed by atoms with Gasteiger partial charge in [-0.1, -0.05) is 37.3 Å². The molecule has 2 fully saturated rings. The Morgan fingerprint density at radius 2 is 1.97 bits per heavy atom. The van der Waals surface area contributed by atoms with E-state index in [0.29, 0.717) is 31.1 Å². The van der Waals surface area contributed by atoms with E-state index in [1.54, 1.807) is 4.90 Å². The van der Waals surface area contributed by atoms with Crippen molar-refractivity contribution in [2.75, 3.05) is 24.6 Å². The van der Waals surface area contributed by atoms with Crippen molar-refractivity contribution in [2.45, 2.75) is 62.5 Å². The van der Waals surface area contributed by atoms with Crippen LogP contribution < -0.4 is 4.90 Å². The van der Waals surface area contributed by atoms with E-state index in [4.69, 9.17) is 9.72 Å². The van der Waals surface area contributed by atoms with Crippen LogP contribution >= 0.6 is 11.3 Å². The van der Waals surface area contributed by atoms with Crippen molar-refractivity contribution in [1.29, 1.82) is 0 Å². The number of rotatable bonds is 7. The fourth-order valence-electron chi connectivity index (χ4n) is 4.99. The molecule has 192 valence electrons. The maximum absolute atomic E-state index is 14.0. The molecule has 1 amide bonds. The second kappa shape index (κ2) is 10.2. The molecule has 3 heterocycles. The highest BCUT2D eigenvalue weighted by molar-refractivity contribution is 7.89. The monoisotopic (exact) mass is 531 g/mol. The molecule has 1 aromatic heterocycles. The fourth-order valence-corrected chi connectivity index (χ4v) is 7.66. The maximum atomic E-state index is 14.0. The zero-order chi connectivity index (χ0) is 25.4. The predicted octanol–water partition coefficient (Wildman–Crippen LogP) is 4.92. The molecular weight excluding hydrogens is 501 g/mol. The van der Waals surface area contributed by atoms with Gasteiger partial charge >= 0.3 is 0 Å². The molecule has 0 N–H and O–H groups in total. The van der Waals surface area contributed by atoms with Gasteiger partial charge in [-0.15, -0.1) is 0 Å². The molecule has 10 heteroatoms. The minimum absolute atomic E-state index is 0.0177. The summed E-state index contributed by atoms with van der Waals surface area (Å²) >= 11 is 1.44. The van der Waals surface area contributed by atoms with Crippen molar-refractivity contribution >= 4 is 42.6 Å². The minimum Gasteiger partial charge on any atom is -0.376 e. The molecule has 7 nitrogen and oxygen atoms in total.